The van der Waals surface area contributed by atoms with E-state index in [1.165, 1.54) is 0 Å². The third-order valence-electron chi connectivity index (χ3n) is 3.19. The summed E-state index contributed by atoms with van der Waals surface area (Å²) >= 11 is 0. The van der Waals surface area contributed by atoms with Gasteiger partial charge in [0.15, 0.2) is 0 Å². The molecule has 0 aromatic carbocycles. The Morgan fingerprint density at radius 1 is 1.42 bits per heavy atom. The molecule has 0 spiro atoms. The van der Waals surface area contributed by atoms with Crippen molar-refractivity contribution in [2.75, 3.05) is 19.8 Å². The second-order valence-corrected chi connectivity index (χ2v) is 5.99. The van der Waals surface area contributed by atoms with Gasteiger partial charge in [0.2, 0.25) is 0 Å². The molecule has 6 nitrogen and oxygen atoms in total. The number of rotatable bonds is 4. The second kappa shape index (κ2) is 6.23. The van der Waals surface area contributed by atoms with Gasteiger partial charge in [0, 0.05) is 6.54 Å². The molecule has 110 valence electrons. The van der Waals surface area contributed by atoms with Crippen molar-refractivity contribution in [3.63, 3.8) is 0 Å². The standard InChI is InChI=1S/C13H24N2O4/c1-9(2)7-10(11(16)17)14-12(18)15-5-6-19-8-13(15,3)4/h9-10H,5-8H2,1-4H3,(H,14,18)(H,16,17). The Bertz CT molecular complexity index is 342. The van der Waals surface area contributed by atoms with E-state index in [1.54, 1.807) is 4.90 Å². The molecule has 0 aliphatic carbocycles. The molecule has 2 N–H and O–H groups in total. The first-order valence-electron chi connectivity index (χ1n) is 6.62. The zero-order chi connectivity index (χ0) is 14.6. The number of carbonyl (C=O) groups excluding carboxylic acids is 1. The topological polar surface area (TPSA) is 78.9 Å². The highest BCUT2D eigenvalue weighted by molar-refractivity contribution is 5.83. The van der Waals surface area contributed by atoms with Crippen LogP contribution >= 0.6 is 0 Å². The van der Waals surface area contributed by atoms with Crippen LogP contribution in [0.25, 0.3) is 0 Å². The Labute approximate surface area is 114 Å². The minimum Gasteiger partial charge on any atom is -0.480 e. The van der Waals surface area contributed by atoms with Crippen LogP contribution in [0.4, 0.5) is 4.79 Å². The van der Waals surface area contributed by atoms with E-state index in [2.05, 4.69) is 5.32 Å². The number of carbonyl (C=O) groups is 2. The summed E-state index contributed by atoms with van der Waals surface area (Å²) in [5, 5.41) is 11.7. The molecule has 1 heterocycles. The molecule has 1 atom stereocenters. The van der Waals surface area contributed by atoms with Crippen molar-refractivity contribution in [3.05, 3.63) is 0 Å². The maximum Gasteiger partial charge on any atom is 0.326 e. The number of amides is 2. The number of hydrogen-bond acceptors (Lipinski definition) is 3. The summed E-state index contributed by atoms with van der Waals surface area (Å²) in [5.41, 5.74) is -0.413. The lowest BCUT2D eigenvalue weighted by molar-refractivity contribution is -0.139. The van der Waals surface area contributed by atoms with Crippen LogP contribution in [0.5, 0.6) is 0 Å². The molecule has 6 heteroatoms. The van der Waals surface area contributed by atoms with Crippen molar-refractivity contribution in [2.24, 2.45) is 5.92 Å². The lowest BCUT2D eigenvalue weighted by Gasteiger charge is -2.42. The first-order valence-corrected chi connectivity index (χ1v) is 6.62. The summed E-state index contributed by atoms with van der Waals surface area (Å²) in [6, 6.07) is -1.17. The van der Waals surface area contributed by atoms with Gasteiger partial charge in [0.1, 0.15) is 6.04 Å². The van der Waals surface area contributed by atoms with Crippen molar-refractivity contribution < 1.29 is 19.4 Å². The quantitative estimate of drug-likeness (QED) is 0.808. The number of nitrogens with one attached hydrogen (secondary N) is 1. The molecule has 0 radical (unpaired) electrons. The van der Waals surface area contributed by atoms with E-state index >= 15 is 0 Å². The molecule has 0 saturated carbocycles. The smallest absolute Gasteiger partial charge is 0.326 e. The number of morpholine rings is 1. The maximum absolute atomic E-state index is 12.2. The fourth-order valence-corrected chi connectivity index (χ4v) is 2.15. The molecule has 2 amide bonds. The Morgan fingerprint density at radius 2 is 2.05 bits per heavy atom. The van der Waals surface area contributed by atoms with Crippen molar-refractivity contribution in [3.8, 4) is 0 Å². The number of aliphatic carboxylic acids is 1. The summed E-state index contributed by atoms with van der Waals surface area (Å²) < 4.78 is 5.34. The summed E-state index contributed by atoms with van der Waals surface area (Å²) in [6.45, 7) is 9.10. The van der Waals surface area contributed by atoms with E-state index in [-0.39, 0.29) is 11.9 Å². The molecule has 1 rings (SSSR count). The third-order valence-corrected chi connectivity index (χ3v) is 3.19. The van der Waals surface area contributed by atoms with Gasteiger partial charge in [-0.1, -0.05) is 13.8 Å². The number of nitrogens with zero attached hydrogens (tertiary/aromatic N) is 1. The molecule has 1 unspecified atom stereocenters. The zero-order valence-corrected chi connectivity index (χ0v) is 12.1. The Balaban J connectivity index is 2.68. The van der Waals surface area contributed by atoms with E-state index in [0.29, 0.717) is 26.2 Å². The molecule has 0 bridgehead atoms. The van der Waals surface area contributed by atoms with Gasteiger partial charge in [0.05, 0.1) is 18.8 Å². The molecule has 1 saturated heterocycles. The van der Waals surface area contributed by atoms with Crippen LogP contribution in [0.1, 0.15) is 34.1 Å². The van der Waals surface area contributed by atoms with Crippen LogP contribution in [0.3, 0.4) is 0 Å². The predicted molar refractivity (Wildman–Crippen MR) is 71.0 cm³/mol. The van der Waals surface area contributed by atoms with Gasteiger partial charge in [0.25, 0.3) is 0 Å². The zero-order valence-electron chi connectivity index (χ0n) is 12.1. The van der Waals surface area contributed by atoms with Crippen molar-refractivity contribution in [1.29, 1.82) is 0 Å². The molecule has 1 fully saturated rings. The van der Waals surface area contributed by atoms with E-state index in [1.807, 2.05) is 27.7 Å². The first kappa shape index (κ1) is 15.8. The van der Waals surface area contributed by atoms with Gasteiger partial charge in [-0.15, -0.1) is 0 Å². The highest BCUT2D eigenvalue weighted by atomic mass is 16.5. The number of ether oxygens (including phenoxy) is 1. The average molecular weight is 272 g/mol. The summed E-state index contributed by atoms with van der Waals surface area (Å²) in [6.07, 6.45) is 0.422. The van der Waals surface area contributed by atoms with Crippen LogP contribution in [0.2, 0.25) is 0 Å². The first-order chi connectivity index (χ1) is 8.74. The monoisotopic (exact) mass is 272 g/mol. The molecule has 1 aliphatic heterocycles. The summed E-state index contributed by atoms with van der Waals surface area (Å²) in [5.74, 6) is -0.785. The minimum absolute atomic E-state index is 0.207. The minimum atomic E-state index is -0.992. The Morgan fingerprint density at radius 3 is 2.53 bits per heavy atom. The SMILES string of the molecule is CC(C)CC(NC(=O)N1CCOCC1(C)C)C(=O)O. The van der Waals surface area contributed by atoms with Gasteiger partial charge < -0.3 is 20.1 Å². The van der Waals surface area contributed by atoms with E-state index in [9.17, 15) is 9.59 Å². The highest BCUT2D eigenvalue weighted by Gasteiger charge is 2.35. The molecule has 0 aromatic heterocycles. The van der Waals surface area contributed by atoms with Gasteiger partial charge in [-0.25, -0.2) is 9.59 Å². The van der Waals surface area contributed by atoms with E-state index < -0.39 is 17.6 Å². The number of hydrogen-bond donors (Lipinski definition) is 2. The van der Waals surface area contributed by atoms with Gasteiger partial charge in [-0.05, 0) is 26.2 Å². The van der Waals surface area contributed by atoms with Gasteiger partial charge in [-0.3, -0.25) is 0 Å². The number of carboxylic acids is 1. The molecular formula is C13H24N2O4. The van der Waals surface area contributed by atoms with Gasteiger partial charge >= 0.3 is 12.0 Å². The fraction of sp³-hybridized carbons (Fsp3) is 0.846. The van der Waals surface area contributed by atoms with Crippen molar-refractivity contribution in [1.82, 2.24) is 10.2 Å². The predicted octanol–water partition coefficient (Wildman–Crippen LogP) is 1.31. The van der Waals surface area contributed by atoms with Crippen LogP contribution < -0.4 is 5.32 Å². The van der Waals surface area contributed by atoms with Crippen LogP contribution in [-0.2, 0) is 9.53 Å². The molecule has 19 heavy (non-hydrogen) atoms. The molecular weight excluding hydrogens is 248 g/mol. The highest BCUT2D eigenvalue weighted by Crippen LogP contribution is 2.19. The molecule has 1 aliphatic rings. The van der Waals surface area contributed by atoms with E-state index in [0.717, 1.165) is 0 Å². The lowest BCUT2D eigenvalue weighted by atomic mass is 10.0. The maximum atomic E-state index is 12.2. The summed E-state index contributed by atoms with van der Waals surface area (Å²) in [7, 11) is 0. The lowest BCUT2D eigenvalue weighted by Crippen LogP contribution is -2.60. The third kappa shape index (κ3) is 4.38. The number of urea groups is 1. The Hall–Kier alpha value is -1.30. The largest absolute Gasteiger partial charge is 0.480 e. The molecule has 0 aromatic rings. The van der Waals surface area contributed by atoms with Crippen LogP contribution in [0.15, 0.2) is 0 Å². The normalized spacial score (nSPS) is 20.2. The Kier molecular flexibility index (Phi) is 5.17. The summed E-state index contributed by atoms with van der Waals surface area (Å²) in [4.78, 5) is 25.0. The van der Waals surface area contributed by atoms with Crippen molar-refractivity contribution in [2.45, 2.75) is 45.7 Å². The fourth-order valence-electron chi connectivity index (χ4n) is 2.15. The average Bonchev–Trinajstić information content (AvgIpc) is 2.26. The van der Waals surface area contributed by atoms with Gasteiger partial charge in [-0.2, -0.15) is 0 Å². The second-order valence-electron chi connectivity index (χ2n) is 5.99. The number of carboxylic acid groups (broad SMARTS) is 1. The van der Waals surface area contributed by atoms with Crippen LogP contribution in [0, 0.1) is 5.92 Å². The van der Waals surface area contributed by atoms with Crippen LogP contribution in [-0.4, -0.2) is 53.3 Å². The van der Waals surface area contributed by atoms with E-state index in [4.69, 9.17) is 9.84 Å². The van der Waals surface area contributed by atoms with Crippen molar-refractivity contribution >= 4 is 12.0 Å².